The highest BCUT2D eigenvalue weighted by Gasteiger charge is 2.59. The molecule has 178 valence electrons. The quantitative estimate of drug-likeness (QED) is 0.388. The fourth-order valence-corrected chi connectivity index (χ4v) is 5.12. The number of ether oxygens (including phenoxy) is 2. The minimum Gasteiger partial charge on any atom is -0.465 e. The number of carbonyl (C=O) groups excluding carboxylic acids is 5. The average Bonchev–Trinajstić information content (AvgIpc) is 3.56. The van der Waals surface area contributed by atoms with Crippen molar-refractivity contribution in [3.63, 3.8) is 0 Å². The van der Waals surface area contributed by atoms with E-state index in [1.165, 1.54) is 60.5 Å². The topological polar surface area (TPSA) is 119 Å². The summed E-state index contributed by atoms with van der Waals surface area (Å²) < 4.78 is 9.68. The lowest BCUT2D eigenvalue weighted by Crippen LogP contribution is -2.32. The molecule has 2 aromatic rings. The van der Waals surface area contributed by atoms with Crippen molar-refractivity contribution in [3.05, 3.63) is 71.8 Å². The molecule has 35 heavy (non-hydrogen) atoms. The van der Waals surface area contributed by atoms with Crippen molar-refractivity contribution in [1.29, 1.82) is 0 Å². The summed E-state index contributed by atoms with van der Waals surface area (Å²) in [4.78, 5) is 63.0. The van der Waals surface area contributed by atoms with Gasteiger partial charge in [0.25, 0.3) is 5.91 Å². The van der Waals surface area contributed by atoms with Gasteiger partial charge in [-0.25, -0.2) is 9.59 Å². The molecule has 2 aromatic carbocycles. The van der Waals surface area contributed by atoms with Crippen LogP contribution in [0.4, 0.5) is 11.4 Å². The van der Waals surface area contributed by atoms with Crippen LogP contribution in [0.1, 0.15) is 27.1 Å². The second-order valence-corrected chi connectivity index (χ2v) is 8.75. The van der Waals surface area contributed by atoms with Crippen LogP contribution in [0.2, 0.25) is 0 Å². The van der Waals surface area contributed by atoms with Crippen molar-refractivity contribution in [2.45, 2.75) is 6.42 Å². The van der Waals surface area contributed by atoms with Crippen molar-refractivity contribution in [2.24, 2.45) is 23.7 Å². The van der Waals surface area contributed by atoms with Crippen LogP contribution in [0.15, 0.2) is 60.7 Å². The number of esters is 2. The van der Waals surface area contributed by atoms with Gasteiger partial charge in [-0.3, -0.25) is 19.3 Å². The largest absolute Gasteiger partial charge is 0.465 e. The van der Waals surface area contributed by atoms with Crippen LogP contribution in [0, 0.1) is 23.7 Å². The molecule has 2 bridgehead atoms. The SMILES string of the molecule is COC(=O)c1ccc(NC(=O)COC(=O)c2ccc(N3C(=O)[C@@H]4[C@@H](C3=O)[C@H]3C=C[C@H]4C3)cc2)cc1. The Balaban J connectivity index is 1.16. The number of hydrogen-bond donors (Lipinski definition) is 1. The summed E-state index contributed by atoms with van der Waals surface area (Å²) >= 11 is 0. The summed E-state index contributed by atoms with van der Waals surface area (Å²) in [7, 11) is 1.27. The van der Waals surface area contributed by atoms with Crippen LogP contribution >= 0.6 is 0 Å². The van der Waals surface area contributed by atoms with Crippen molar-refractivity contribution in [1.82, 2.24) is 0 Å². The second-order valence-electron chi connectivity index (χ2n) is 8.75. The van der Waals surface area contributed by atoms with Crippen LogP contribution < -0.4 is 10.2 Å². The van der Waals surface area contributed by atoms with Gasteiger partial charge < -0.3 is 14.8 Å². The first-order chi connectivity index (χ1) is 16.9. The van der Waals surface area contributed by atoms with Crippen LogP contribution in [-0.2, 0) is 23.9 Å². The third-order valence-electron chi connectivity index (χ3n) is 6.76. The maximum atomic E-state index is 12.9. The van der Waals surface area contributed by atoms with E-state index in [1.807, 2.05) is 12.2 Å². The standard InChI is InChI=1S/C26H22N2O7/c1-34-25(32)14-4-8-18(9-5-14)27-20(29)13-35-26(33)15-6-10-19(11-7-15)28-23(30)21-16-2-3-17(12-16)22(21)24(28)31/h2-11,16-17,21-22H,12-13H2,1H3,(H,27,29)/t16-,17-,21-,22-/m0/s1. The van der Waals surface area contributed by atoms with Crippen molar-refractivity contribution in [3.8, 4) is 0 Å². The van der Waals surface area contributed by atoms with E-state index >= 15 is 0 Å². The molecule has 9 nitrogen and oxygen atoms in total. The Morgan fingerprint density at radius 3 is 1.97 bits per heavy atom. The molecule has 1 saturated heterocycles. The molecule has 3 aliphatic rings. The lowest BCUT2D eigenvalue weighted by Gasteiger charge is -2.17. The van der Waals surface area contributed by atoms with Crippen LogP contribution in [0.5, 0.6) is 0 Å². The number of allylic oxidation sites excluding steroid dienone is 2. The van der Waals surface area contributed by atoms with Gasteiger partial charge in [0.15, 0.2) is 6.61 Å². The number of benzene rings is 2. The Labute approximate surface area is 200 Å². The number of methoxy groups -OCH3 is 1. The molecule has 2 aliphatic carbocycles. The molecule has 0 spiro atoms. The monoisotopic (exact) mass is 474 g/mol. The summed E-state index contributed by atoms with van der Waals surface area (Å²) in [6, 6.07) is 12.0. The third kappa shape index (κ3) is 3.99. The second kappa shape index (κ2) is 8.83. The minimum atomic E-state index is -0.717. The maximum Gasteiger partial charge on any atom is 0.338 e. The number of fused-ring (bicyclic) bond motifs is 5. The number of nitrogens with one attached hydrogen (secondary N) is 1. The van der Waals surface area contributed by atoms with Crippen LogP contribution in [0.3, 0.4) is 0 Å². The Kier molecular flexibility index (Phi) is 5.68. The van der Waals surface area contributed by atoms with Gasteiger partial charge in [0.1, 0.15) is 0 Å². The zero-order valence-corrected chi connectivity index (χ0v) is 18.8. The highest BCUT2D eigenvalue weighted by atomic mass is 16.5. The Morgan fingerprint density at radius 2 is 1.40 bits per heavy atom. The zero-order valence-electron chi connectivity index (χ0n) is 18.8. The first-order valence-electron chi connectivity index (χ1n) is 11.2. The van der Waals surface area contributed by atoms with Gasteiger partial charge in [-0.1, -0.05) is 12.2 Å². The third-order valence-corrected chi connectivity index (χ3v) is 6.76. The number of hydrogen-bond acceptors (Lipinski definition) is 7. The minimum absolute atomic E-state index is 0.123. The summed E-state index contributed by atoms with van der Waals surface area (Å²) in [5.74, 6) is -2.49. The van der Waals surface area contributed by atoms with Gasteiger partial charge in [-0.2, -0.15) is 0 Å². The van der Waals surface area contributed by atoms with Crippen molar-refractivity contribution < 1.29 is 33.4 Å². The maximum absolute atomic E-state index is 12.9. The molecule has 1 aliphatic heterocycles. The molecule has 0 aromatic heterocycles. The molecule has 2 fully saturated rings. The van der Waals surface area contributed by atoms with E-state index in [9.17, 15) is 24.0 Å². The van der Waals surface area contributed by atoms with E-state index in [0.717, 1.165) is 6.42 Å². The van der Waals surface area contributed by atoms with E-state index < -0.39 is 24.5 Å². The smallest absolute Gasteiger partial charge is 0.338 e. The van der Waals surface area contributed by atoms with E-state index in [1.54, 1.807) is 0 Å². The summed E-state index contributed by atoms with van der Waals surface area (Å²) in [5, 5.41) is 2.57. The molecule has 0 unspecified atom stereocenters. The highest BCUT2D eigenvalue weighted by molar-refractivity contribution is 6.22. The zero-order chi connectivity index (χ0) is 24.7. The van der Waals surface area contributed by atoms with Crippen molar-refractivity contribution >= 4 is 41.0 Å². The van der Waals surface area contributed by atoms with Gasteiger partial charge in [0, 0.05) is 5.69 Å². The van der Waals surface area contributed by atoms with Gasteiger partial charge in [0.05, 0.1) is 35.8 Å². The number of nitrogens with zero attached hydrogens (tertiary/aromatic N) is 1. The van der Waals surface area contributed by atoms with Gasteiger partial charge in [0.2, 0.25) is 11.8 Å². The fourth-order valence-electron chi connectivity index (χ4n) is 5.12. The van der Waals surface area contributed by atoms with Crippen LogP contribution in [-0.4, -0.2) is 43.4 Å². The lowest BCUT2D eigenvalue weighted by atomic mass is 9.85. The molecule has 5 rings (SSSR count). The van der Waals surface area contributed by atoms with E-state index in [0.29, 0.717) is 16.9 Å². The number of rotatable bonds is 6. The van der Waals surface area contributed by atoms with Crippen molar-refractivity contribution in [2.75, 3.05) is 23.9 Å². The Bertz CT molecular complexity index is 1220. The summed E-state index contributed by atoms with van der Waals surface area (Å²) in [6.07, 6.45) is 4.93. The fraction of sp³-hybridized carbons (Fsp3) is 0.269. The lowest BCUT2D eigenvalue weighted by molar-refractivity contribution is -0.123. The first kappa shape index (κ1) is 22.5. The van der Waals surface area contributed by atoms with E-state index in [-0.39, 0.29) is 41.0 Å². The molecule has 9 heteroatoms. The molecule has 3 amide bonds. The number of imide groups is 1. The first-order valence-corrected chi connectivity index (χ1v) is 11.2. The van der Waals surface area contributed by atoms with E-state index in [4.69, 9.17) is 4.74 Å². The Morgan fingerprint density at radius 1 is 0.857 bits per heavy atom. The normalized spacial score (nSPS) is 23.9. The number of anilines is 2. The number of amides is 3. The van der Waals surface area contributed by atoms with Gasteiger partial charge >= 0.3 is 11.9 Å². The molecule has 0 radical (unpaired) electrons. The molecular weight excluding hydrogens is 452 g/mol. The van der Waals surface area contributed by atoms with Crippen LogP contribution in [0.25, 0.3) is 0 Å². The molecule has 1 N–H and O–H groups in total. The average molecular weight is 474 g/mol. The summed E-state index contributed by atoms with van der Waals surface area (Å²) in [6.45, 7) is -0.512. The molecule has 4 atom stereocenters. The molecule has 1 heterocycles. The number of carbonyl (C=O) groups is 5. The highest BCUT2D eigenvalue weighted by Crippen LogP contribution is 2.53. The molecular formula is C26H22N2O7. The molecule has 1 saturated carbocycles. The van der Waals surface area contributed by atoms with Gasteiger partial charge in [-0.05, 0) is 66.8 Å². The predicted octanol–water partition coefficient (Wildman–Crippen LogP) is 2.58. The van der Waals surface area contributed by atoms with Gasteiger partial charge in [-0.15, -0.1) is 0 Å². The van der Waals surface area contributed by atoms with E-state index in [2.05, 4.69) is 10.1 Å². The summed E-state index contributed by atoms with van der Waals surface area (Å²) in [5.41, 5.74) is 1.37. The Hall–Kier alpha value is -4.27. The predicted molar refractivity (Wildman–Crippen MR) is 123 cm³/mol.